The molecule has 5 heteroatoms. The predicted molar refractivity (Wildman–Crippen MR) is 68.2 cm³/mol. The van der Waals surface area contributed by atoms with Crippen LogP contribution in [0.4, 0.5) is 4.39 Å². The average molecular weight is 285 g/mol. The molecule has 0 radical (unpaired) electrons. The van der Waals surface area contributed by atoms with Gasteiger partial charge >= 0.3 is 5.97 Å². The Morgan fingerprint density at radius 1 is 1.37 bits per heavy atom. The normalized spacial score (nSPS) is 28.0. The van der Waals surface area contributed by atoms with E-state index in [-0.39, 0.29) is 10.8 Å². The topological polar surface area (TPSA) is 46.5 Å². The van der Waals surface area contributed by atoms with Gasteiger partial charge in [-0.3, -0.25) is 0 Å². The van der Waals surface area contributed by atoms with Gasteiger partial charge in [0.15, 0.2) is 0 Å². The lowest BCUT2D eigenvalue weighted by atomic mass is 10.1. The van der Waals surface area contributed by atoms with Gasteiger partial charge in [0, 0.05) is 6.07 Å². The van der Waals surface area contributed by atoms with Crippen LogP contribution in [0.5, 0.6) is 5.75 Å². The van der Waals surface area contributed by atoms with Crippen LogP contribution >= 0.6 is 11.6 Å². The highest BCUT2D eigenvalue weighted by Crippen LogP contribution is 2.54. The van der Waals surface area contributed by atoms with Crippen LogP contribution in [0.3, 0.4) is 0 Å². The summed E-state index contributed by atoms with van der Waals surface area (Å²) >= 11 is 5.91. The summed E-state index contributed by atoms with van der Waals surface area (Å²) in [5.74, 6) is 0.333. The molecule has 3 nitrogen and oxygen atoms in total. The van der Waals surface area contributed by atoms with Gasteiger partial charge in [0.05, 0.1) is 17.2 Å². The lowest BCUT2D eigenvalue weighted by Crippen LogP contribution is -2.11. The molecule has 2 fully saturated rings. The van der Waals surface area contributed by atoms with Gasteiger partial charge in [-0.25, -0.2) is 9.18 Å². The molecule has 0 aromatic heterocycles. The number of benzene rings is 1. The number of halogens is 2. The largest absolute Gasteiger partial charge is 0.492 e. The molecule has 2 saturated carbocycles. The summed E-state index contributed by atoms with van der Waals surface area (Å²) in [5.41, 5.74) is -0.431. The Hall–Kier alpha value is -1.29. The average Bonchev–Trinajstić information content (AvgIpc) is 2.97. The third-order valence-electron chi connectivity index (χ3n) is 4.07. The minimum absolute atomic E-state index is 0.141. The molecule has 19 heavy (non-hydrogen) atoms. The van der Waals surface area contributed by atoms with Crippen LogP contribution in [-0.2, 0) is 0 Å². The van der Waals surface area contributed by atoms with Crippen molar-refractivity contribution in [3.05, 3.63) is 28.5 Å². The molecule has 1 aromatic rings. The zero-order valence-corrected chi connectivity index (χ0v) is 11.0. The number of carboxylic acid groups (broad SMARTS) is 1. The molecule has 0 aliphatic heterocycles. The van der Waals surface area contributed by atoms with E-state index in [4.69, 9.17) is 21.4 Å². The fourth-order valence-electron chi connectivity index (χ4n) is 2.99. The second-order valence-electron chi connectivity index (χ2n) is 5.47. The summed E-state index contributed by atoms with van der Waals surface area (Å²) in [4.78, 5) is 10.8. The van der Waals surface area contributed by atoms with Crippen molar-refractivity contribution in [2.24, 2.45) is 17.8 Å². The first-order valence-electron chi connectivity index (χ1n) is 6.39. The summed E-state index contributed by atoms with van der Waals surface area (Å²) in [7, 11) is 0. The van der Waals surface area contributed by atoms with E-state index < -0.39 is 17.3 Å². The number of fused-ring (bicyclic) bond motifs is 1. The second kappa shape index (κ2) is 4.67. The van der Waals surface area contributed by atoms with E-state index in [1.54, 1.807) is 0 Å². The van der Waals surface area contributed by atoms with E-state index in [9.17, 15) is 9.18 Å². The Morgan fingerprint density at radius 3 is 2.68 bits per heavy atom. The van der Waals surface area contributed by atoms with Gasteiger partial charge in [-0.05, 0) is 43.1 Å². The van der Waals surface area contributed by atoms with Gasteiger partial charge in [-0.2, -0.15) is 0 Å². The van der Waals surface area contributed by atoms with Crippen LogP contribution in [-0.4, -0.2) is 17.7 Å². The first-order chi connectivity index (χ1) is 9.04. The van der Waals surface area contributed by atoms with Gasteiger partial charge < -0.3 is 9.84 Å². The Kier molecular flexibility index (Phi) is 3.13. The van der Waals surface area contributed by atoms with Crippen molar-refractivity contribution >= 4 is 17.6 Å². The van der Waals surface area contributed by atoms with E-state index in [1.807, 2.05) is 0 Å². The molecule has 102 valence electrons. The minimum Gasteiger partial charge on any atom is -0.492 e. The highest BCUT2D eigenvalue weighted by atomic mass is 35.5. The summed E-state index contributed by atoms with van der Waals surface area (Å²) < 4.78 is 19.1. The summed E-state index contributed by atoms with van der Waals surface area (Å²) in [6.45, 7) is 0.526. The molecule has 0 heterocycles. The van der Waals surface area contributed by atoms with Gasteiger partial charge in [0.2, 0.25) is 0 Å². The Balaban J connectivity index is 1.67. The number of aromatic carboxylic acids is 1. The molecule has 1 N–H and O–H groups in total. The molecule has 2 aliphatic carbocycles. The number of hydrogen-bond donors (Lipinski definition) is 1. The minimum atomic E-state index is -1.33. The Bertz CT molecular complexity index is 522. The third-order valence-corrected chi connectivity index (χ3v) is 4.36. The standard InChI is InChI=1S/C14H14ClFO3/c15-11-4-10(14(17)18)12(16)5-13(11)19-6-7-1-8-3-9(8)2-7/h4-5,7-9H,1-3,6H2,(H,17,18). The third kappa shape index (κ3) is 2.54. The van der Waals surface area contributed by atoms with Crippen molar-refractivity contribution in [3.63, 3.8) is 0 Å². The molecule has 2 aliphatic rings. The summed E-state index contributed by atoms with van der Waals surface area (Å²) in [6.07, 6.45) is 3.70. The molecule has 0 amide bonds. The first-order valence-corrected chi connectivity index (χ1v) is 6.77. The molecule has 2 unspecified atom stereocenters. The zero-order valence-electron chi connectivity index (χ0n) is 10.2. The van der Waals surface area contributed by atoms with Crippen LogP contribution in [0.25, 0.3) is 0 Å². The first kappa shape index (κ1) is 12.7. The van der Waals surface area contributed by atoms with E-state index in [0.29, 0.717) is 12.5 Å². The van der Waals surface area contributed by atoms with Crippen LogP contribution in [0.15, 0.2) is 12.1 Å². The maximum absolute atomic E-state index is 13.5. The van der Waals surface area contributed by atoms with Crippen molar-refractivity contribution in [1.29, 1.82) is 0 Å². The van der Waals surface area contributed by atoms with Crippen LogP contribution in [0.2, 0.25) is 5.02 Å². The SMILES string of the molecule is O=C(O)c1cc(Cl)c(OCC2CC3CC3C2)cc1F. The molecule has 3 rings (SSSR count). The van der Waals surface area contributed by atoms with Crippen LogP contribution < -0.4 is 4.74 Å². The highest BCUT2D eigenvalue weighted by Gasteiger charge is 2.45. The monoisotopic (exact) mass is 284 g/mol. The maximum Gasteiger partial charge on any atom is 0.338 e. The molecule has 0 bridgehead atoms. The molecule has 0 spiro atoms. The summed E-state index contributed by atoms with van der Waals surface area (Å²) in [5, 5.41) is 8.92. The quantitative estimate of drug-likeness (QED) is 0.919. The number of ether oxygens (including phenoxy) is 1. The molecule has 1 aromatic carbocycles. The van der Waals surface area contributed by atoms with Crippen molar-refractivity contribution < 1.29 is 19.0 Å². The Labute approximate surface area is 115 Å². The molecular formula is C14H14ClFO3. The summed E-state index contributed by atoms with van der Waals surface area (Å²) in [6, 6.07) is 2.15. The van der Waals surface area contributed by atoms with E-state index in [2.05, 4.69) is 0 Å². The second-order valence-corrected chi connectivity index (χ2v) is 5.88. The van der Waals surface area contributed by atoms with E-state index >= 15 is 0 Å². The molecule has 2 atom stereocenters. The fraction of sp³-hybridized carbons (Fsp3) is 0.500. The van der Waals surface area contributed by atoms with Crippen molar-refractivity contribution in [1.82, 2.24) is 0 Å². The van der Waals surface area contributed by atoms with Crippen molar-refractivity contribution in [2.75, 3.05) is 6.61 Å². The van der Waals surface area contributed by atoms with Crippen LogP contribution in [0, 0.1) is 23.6 Å². The lowest BCUT2D eigenvalue weighted by Gasteiger charge is -2.14. The van der Waals surface area contributed by atoms with Crippen LogP contribution in [0.1, 0.15) is 29.6 Å². The number of rotatable bonds is 4. The van der Waals surface area contributed by atoms with E-state index in [1.165, 1.54) is 19.3 Å². The van der Waals surface area contributed by atoms with Gasteiger partial charge in [-0.15, -0.1) is 0 Å². The lowest BCUT2D eigenvalue weighted by molar-refractivity contribution is 0.0692. The highest BCUT2D eigenvalue weighted by molar-refractivity contribution is 6.32. The zero-order chi connectivity index (χ0) is 13.6. The maximum atomic E-state index is 13.5. The smallest absolute Gasteiger partial charge is 0.338 e. The number of hydrogen-bond acceptors (Lipinski definition) is 2. The van der Waals surface area contributed by atoms with Gasteiger partial charge in [0.1, 0.15) is 11.6 Å². The molecular weight excluding hydrogens is 271 g/mol. The van der Waals surface area contributed by atoms with Crippen molar-refractivity contribution in [3.8, 4) is 5.75 Å². The van der Waals surface area contributed by atoms with Crippen molar-refractivity contribution in [2.45, 2.75) is 19.3 Å². The predicted octanol–water partition coefficient (Wildman–Crippen LogP) is 3.60. The molecule has 0 saturated heterocycles. The Morgan fingerprint density at radius 2 is 2.05 bits per heavy atom. The van der Waals surface area contributed by atoms with E-state index in [0.717, 1.165) is 24.0 Å². The van der Waals surface area contributed by atoms with Gasteiger partial charge in [-0.1, -0.05) is 11.6 Å². The number of carbonyl (C=O) groups is 1. The number of carboxylic acids is 1. The fourth-order valence-corrected chi connectivity index (χ4v) is 3.21. The van der Waals surface area contributed by atoms with Gasteiger partial charge in [0.25, 0.3) is 0 Å².